The number of ether oxygens (including phenoxy) is 1. The molecule has 0 bridgehead atoms. The van der Waals surface area contributed by atoms with Crippen LogP contribution in [0.15, 0.2) is 48.5 Å². The number of anilines is 1. The molecule has 0 spiro atoms. The number of benzene rings is 2. The Labute approximate surface area is 173 Å². The molecule has 2 fully saturated rings. The molecule has 1 unspecified atom stereocenters. The third kappa shape index (κ3) is 3.91. The van der Waals surface area contributed by atoms with E-state index < -0.39 is 6.04 Å². The third-order valence-corrected chi connectivity index (χ3v) is 5.43. The van der Waals surface area contributed by atoms with E-state index in [0.29, 0.717) is 49.8 Å². The number of imide groups is 1. The lowest BCUT2D eigenvalue weighted by molar-refractivity contribution is -0.121. The van der Waals surface area contributed by atoms with E-state index in [1.807, 2.05) is 0 Å². The van der Waals surface area contributed by atoms with Gasteiger partial charge < -0.3 is 9.64 Å². The molecule has 3 amide bonds. The highest BCUT2D eigenvalue weighted by Gasteiger charge is 2.48. The summed E-state index contributed by atoms with van der Waals surface area (Å²) in [6.45, 7) is 3.98. The Bertz CT molecular complexity index is 961. The Balaban J connectivity index is 1.37. The number of amides is 3. The normalized spacial score (nSPS) is 19.2. The van der Waals surface area contributed by atoms with E-state index in [1.165, 1.54) is 24.0 Å². The number of carbonyl (C=O) groups excluding carboxylic acids is 3. The minimum absolute atomic E-state index is 0.0726. The first-order chi connectivity index (χ1) is 14.4. The monoisotopic (exact) mass is 411 g/mol. The van der Waals surface area contributed by atoms with Gasteiger partial charge in [-0.2, -0.15) is 0 Å². The molecule has 8 heteroatoms. The van der Waals surface area contributed by atoms with Crippen molar-refractivity contribution in [2.75, 3.05) is 37.7 Å². The molecule has 1 atom stereocenters. The summed E-state index contributed by atoms with van der Waals surface area (Å²) in [6, 6.07) is 11.4. The summed E-state index contributed by atoms with van der Waals surface area (Å²) in [4.78, 5) is 42.1. The number of urea groups is 1. The van der Waals surface area contributed by atoms with Crippen molar-refractivity contribution < 1.29 is 23.5 Å². The lowest BCUT2D eigenvalue weighted by Gasteiger charge is -2.35. The summed E-state index contributed by atoms with van der Waals surface area (Å²) in [5.41, 5.74) is 0.999. The fourth-order valence-corrected chi connectivity index (χ4v) is 3.76. The SMILES string of the molecule is CC(=O)c1ccc(N2C(=O)C3CN(CCOc4ccc(F)cc4)CCN3C2=O)cc1. The van der Waals surface area contributed by atoms with E-state index in [1.54, 1.807) is 41.3 Å². The first-order valence-electron chi connectivity index (χ1n) is 9.80. The molecular weight excluding hydrogens is 389 g/mol. The number of hydrogen-bond acceptors (Lipinski definition) is 5. The summed E-state index contributed by atoms with van der Waals surface area (Å²) in [5.74, 6) is -0.0676. The minimum atomic E-state index is -0.537. The average molecular weight is 411 g/mol. The van der Waals surface area contributed by atoms with Crippen LogP contribution in [0.4, 0.5) is 14.9 Å². The van der Waals surface area contributed by atoms with Crippen LogP contribution < -0.4 is 9.64 Å². The summed E-state index contributed by atoms with van der Waals surface area (Å²) in [6.07, 6.45) is 0. The van der Waals surface area contributed by atoms with Gasteiger partial charge in [0.15, 0.2) is 5.78 Å². The van der Waals surface area contributed by atoms with E-state index in [9.17, 15) is 18.8 Å². The largest absolute Gasteiger partial charge is 0.492 e. The molecule has 7 nitrogen and oxygen atoms in total. The van der Waals surface area contributed by atoms with Crippen LogP contribution in [0.1, 0.15) is 17.3 Å². The first kappa shape index (κ1) is 20.0. The van der Waals surface area contributed by atoms with Gasteiger partial charge in [0, 0.05) is 31.7 Å². The molecular formula is C22H22FN3O4. The van der Waals surface area contributed by atoms with Gasteiger partial charge in [-0.15, -0.1) is 0 Å². The molecule has 2 aromatic rings. The molecule has 0 saturated carbocycles. The highest BCUT2D eigenvalue weighted by atomic mass is 19.1. The number of rotatable bonds is 6. The van der Waals surface area contributed by atoms with Crippen molar-refractivity contribution >= 4 is 23.4 Å². The van der Waals surface area contributed by atoms with Gasteiger partial charge in [0.1, 0.15) is 24.2 Å². The molecule has 0 radical (unpaired) electrons. The molecule has 0 N–H and O–H groups in total. The Kier molecular flexibility index (Phi) is 5.50. The molecule has 2 aliphatic rings. The Morgan fingerprint density at radius 3 is 2.43 bits per heavy atom. The van der Waals surface area contributed by atoms with E-state index >= 15 is 0 Å². The number of halogens is 1. The maximum Gasteiger partial charge on any atom is 0.332 e. The summed E-state index contributed by atoms with van der Waals surface area (Å²) >= 11 is 0. The van der Waals surface area contributed by atoms with Gasteiger partial charge >= 0.3 is 6.03 Å². The minimum Gasteiger partial charge on any atom is -0.492 e. The summed E-state index contributed by atoms with van der Waals surface area (Å²) in [7, 11) is 0. The lowest BCUT2D eigenvalue weighted by Crippen LogP contribution is -2.53. The number of piperazine rings is 1. The molecule has 156 valence electrons. The molecule has 2 aliphatic heterocycles. The zero-order valence-electron chi connectivity index (χ0n) is 16.6. The number of fused-ring (bicyclic) bond motifs is 1. The van der Waals surface area contributed by atoms with Crippen molar-refractivity contribution in [1.29, 1.82) is 0 Å². The second-order valence-corrected chi connectivity index (χ2v) is 7.37. The van der Waals surface area contributed by atoms with E-state index in [4.69, 9.17) is 4.74 Å². The molecule has 4 rings (SSSR count). The molecule has 2 heterocycles. The van der Waals surface area contributed by atoms with Crippen LogP contribution in [-0.4, -0.2) is 66.3 Å². The fraction of sp³-hybridized carbons (Fsp3) is 0.318. The van der Waals surface area contributed by atoms with E-state index in [2.05, 4.69) is 4.90 Å². The lowest BCUT2D eigenvalue weighted by atomic mass is 10.1. The molecule has 0 aliphatic carbocycles. The Hall–Kier alpha value is -3.26. The molecule has 0 aromatic heterocycles. The highest BCUT2D eigenvalue weighted by Crippen LogP contribution is 2.28. The quantitative estimate of drug-likeness (QED) is 0.540. The van der Waals surface area contributed by atoms with Crippen molar-refractivity contribution in [3.05, 3.63) is 59.9 Å². The van der Waals surface area contributed by atoms with Gasteiger partial charge in [0.05, 0.1) is 5.69 Å². The number of carbonyl (C=O) groups is 3. The highest BCUT2D eigenvalue weighted by molar-refractivity contribution is 6.21. The van der Waals surface area contributed by atoms with Crippen molar-refractivity contribution in [2.24, 2.45) is 0 Å². The third-order valence-electron chi connectivity index (χ3n) is 5.43. The van der Waals surface area contributed by atoms with Crippen LogP contribution in [0.5, 0.6) is 5.75 Å². The molecule has 2 aromatic carbocycles. The second kappa shape index (κ2) is 8.23. The van der Waals surface area contributed by atoms with Crippen LogP contribution in [0.2, 0.25) is 0 Å². The topological polar surface area (TPSA) is 70.2 Å². The number of Topliss-reactive ketones (excluding diaryl/α,β-unsaturated/α-hetero) is 1. The smallest absolute Gasteiger partial charge is 0.332 e. The molecule has 2 saturated heterocycles. The Morgan fingerprint density at radius 1 is 1.07 bits per heavy atom. The number of ketones is 1. The van der Waals surface area contributed by atoms with Gasteiger partial charge in [-0.05, 0) is 55.5 Å². The van der Waals surface area contributed by atoms with E-state index in [0.717, 1.165) is 0 Å². The van der Waals surface area contributed by atoms with Gasteiger partial charge in [-0.3, -0.25) is 14.5 Å². The predicted molar refractivity (Wildman–Crippen MR) is 108 cm³/mol. The van der Waals surface area contributed by atoms with Crippen LogP contribution in [0.3, 0.4) is 0 Å². The predicted octanol–water partition coefficient (Wildman–Crippen LogP) is 2.56. The van der Waals surface area contributed by atoms with Gasteiger partial charge in [0.2, 0.25) is 0 Å². The fourth-order valence-electron chi connectivity index (χ4n) is 3.76. The van der Waals surface area contributed by atoms with Crippen LogP contribution in [-0.2, 0) is 4.79 Å². The van der Waals surface area contributed by atoms with Crippen molar-refractivity contribution in [2.45, 2.75) is 13.0 Å². The zero-order valence-corrected chi connectivity index (χ0v) is 16.6. The van der Waals surface area contributed by atoms with Crippen LogP contribution in [0.25, 0.3) is 0 Å². The second-order valence-electron chi connectivity index (χ2n) is 7.37. The maximum atomic E-state index is 13.0. The first-order valence-corrected chi connectivity index (χ1v) is 9.80. The van der Waals surface area contributed by atoms with Gasteiger partial charge in [0.25, 0.3) is 5.91 Å². The van der Waals surface area contributed by atoms with E-state index in [-0.39, 0.29) is 23.5 Å². The van der Waals surface area contributed by atoms with Crippen molar-refractivity contribution in [1.82, 2.24) is 9.80 Å². The van der Waals surface area contributed by atoms with Crippen molar-refractivity contribution in [3.63, 3.8) is 0 Å². The summed E-state index contributed by atoms with van der Waals surface area (Å²) in [5, 5.41) is 0. The zero-order chi connectivity index (χ0) is 21.3. The van der Waals surface area contributed by atoms with Crippen LogP contribution in [0, 0.1) is 5.82 Å². The average Bonchev–Trinajstić information content (AvgIpc) is 2.99. The number of nitrogens with zero attached hydrogens (tertiary/aromatic N) is 3. The number of hydrogen-bond donors (Lipinski definition) is 0. The molecule has 30 heavy (non-hydrogen) atoms. The Morgan fingerprint density at radius 2 is 1.77 bits per heavy atom. The van der Waals surface area contributed by atoms with Crippen molar-refractivity contribution in [3.8, 4) is 5.75 Å². The maximum absolute atomic E-state index is 13.0. The van der Waals surface area contributed by atoms with Gasteiger partial charge in [-0.25, -0.2) is 14.1 Å². The standard InChI is InChI=1S/C22H22FN3O4/c1-15(27)16-2-6-18(7-3-16)26-21(28)20-14-24(10-11-25(20)22(26)29)12-13-30-19-8-4-17(23)5-9-19/h2-9,20H,10-14H2,1H3. The summed E-state index contributed by atoms with van der Waals surface area (Å²) < 4.78 is 18.6. The van der Waals surface area contributed by atoms with Crippen LogP contribution >= 0.6 is 0 Å². The van der Waals surface area contributed by atoms with Gasteiger partial charge in [-0.1, -0.05) is 0 Å².